The highest BCUT2D eigenvalue weighted by Gasteiger charge is 2.15. The third-order valence-corrected chi connectivity index (χ3v) is 3.96. The molecule has 0 saturated heterocycles. The van der Waals surface area contributed by atoms with E-state index in [0.29, 0.717) is 28.7 Å². The Bertz CT molecular complexity index is 859. The summed E-state index contributed by atoms with van der Waals surface area (Å²) in [5, 5.41) is 7.53. The molecule has 154 valence electrons. The minimum absolute atomic E-state index is 0.212. The van der Waals surface area contributed by atoms with Crippen LogP contribution in [-0.4, -0.2) is 38.6 Å². The summed E-state index contributed by atoms with van der Waals surface area (Å²) in [6.07, 6.45) is 1.55. The van der Waals surface area contributed by atoms with Gasteiger partial charge in [-0.15, -0.1) is 0 Å². The number of carbonyl (C=O) groups is 1. The molecule has 0 bridgehead atoms. The molecule has 0 aromatic heterocycles. The molecule has 2 N–H and O–H groups in total. The molecule has 0 aliphatic rings. The Labute approximate surface area is 174 Å². The second kappa shape index (κ2) is 10.9. The van der Waals surface area contributed by atoms with Crippen LogP contribution >= 0.6 is 12.2 Å². The van der Waals surface area contributed by atoms with E-state index in [1.165, 1.54) is 21.1 Å². The quantitative estimate of drug-likeness (QED) is 0.223. The Morgan fingerprint density at radius 1 is 1.07 bits per heavy atom. The van der Waals surface area contributed by atoms with Gasteiger partial charge in [0.25, 0.3) is 0 Å². The summed E-state index contributed by atoms with van der Waals surface area (Å²) in [6.45, 7) is 1.85. The van der Waals surface area contributed by atoms with Crippen molar-refractivity contribution in [1.29, 1.82) is 0 Å². The lowest BCUT2D eigenvalue weighted by Gasteiger charge is -2.13. The summed E-state index contributed by atoms with van der Waals surface area (Å²) in [7, 11) is 4.57. The molecule has 29 heavy (non-hydrogen) atoms. The van der Waals surface area contributed by atoms with E-state index in [2.05, 4.69) is 15.8 Å². The number of nitrogens with one attached hydrogen (secondary N) is 2. The average Bonchev–Trinajstić information content (AvgIpc) is 2.72. The average molecular weight is 417 g/mol. The number of benzene rings is 2. The molecular weight excluding hydrogens is 394 g/mol. The van der Waals surface area contributed by atoms with Crippen molar-refractivity contribution in [3.63, 3.8) is 0 Å². The van der Waals surface area contributed by atoms with Crippen LogP contribution in [0.2, 0.25) is 0 Å². The minimum Gasteiger partial charge on any atom is -0.497 e. The van der Waals surface area contributed by atoms with Gasteiger partial charge in [-0.25, -0.2) is 0 Å². The highest BCUT2D eigenvalue weighted by molar-refractivity contribution is 7.80. The topological polar surface area (TPSA) is 90.4 Å². The van der Waals surface area contributed by atoms with E-state index in [0.717, 1.165) is 11.3 Å². The molecule has 2 aromatic carbocycles. The number of hydrazone groups is 1. The van der Waals surface area contributed by atoms with Crippen molar-refractivity contribution >= 4 is 29.5 Å². The van der Waals surface area contributed by atoms with Crippen LogP contribution in [0.3, 0.4) is 0 Å². The summed E-state index contributed by atoms with van der Waals surface area (Å²) >= 11 is 5.22. The highest BCUT2D eigenvalue weighted by atomic mass is 32.1. The molecule has 0 aliphatic heterocycles. The number of nitrogens with zero attached hydrogens (tertiary/aromatic N) is 1. The van der Waals surface area contributed by atoms with Crippen LogP contribution in [0, 0.1) is 0 Å². The Balaban J connectivity index is 1.97. The van der Waals surface area contributed by atoms with Crippen molar-refractivity contribution < 1.29 is 23.7 Å². The molecule has 0 amide bonds. The van der Waals surface area contributed by atoms with E-state index in [4.69, 9.17) is 31.2 Å². The molecule has 0 radical (unpaired) electrons. The first kappa shape index (κ1) is 22.0. The number of carbonyl (C=O) groups excluding carboxylic acids is 1. The number of hydrogen-bond donors (Lipinski definition) is 2. The molecule has 2 aromatic rings. The fraction of sp³-hybridized carbons (Fsp3) is 0.250. The molecule has 0 atom stereocenters. The van der Waals surface area contributed by atoms with Gasteiger partial charge < -0.3 is 24.3 Å². The minimum atomic E-state index is -0.474. The van der Waals surface area contributed by atoms with Gasteiger partial charge in [-0.05, 0) is 42.0 Å². The third-order valence-electron chi connectivity index (χ3n) is 3.72. The first-order chi connectivity index (χ1) is 14.0. The largest absolute Gasteiger partial charge is 0.497 e. The van der Waals surface area contributed by atoms with E-state index >= 15 is 0 Å². The van der Waals surface area contributed by atoms with Crippen LogP contribution in [0.25, 0.3) is 0 Å². The number of methoxy groups -OCH3 is 3. The zero-order chi connectivity index (χ0) is 21.2. The van der Waals surface area contributed by atoms with Crippen LogP contribution in [0.5, 0.6) is 23.0 Å². The maximum atomic E-state index is 11.3. The van der Waals surface area contributed by atoms with Gasteiger partial charge in [-0.3, -0.25) is 10.2 Å². The molecule has 0 heterocycles. The molecule has 0 saturated carbocycles. The summed E-state index contributed by atoms with van der Waals surface area (Å²) in [5.41, 5.74) is 4.46. The normalized spacial score (nSPS) is 10.3. The molecule has 0 spiro atoms. The zero-order valence-electron chi connectivity index (χ0n) is 16.6. The van der Waals surface area contributed by atoms with Crippen LogP contribution < -0.4 is 29.7 Å². The molecular formula is C20H23N3O5S. The lowest BCUT2D eigenvalue weighted by Crippen LogP contribution is -2.31. The summed E-state index contributed by atoms with van der Waals surface area (Å²) < 4.78 is 20.8. The fourth-order valence-electron chi connectivity index (χ4n) is 2.35. The Kier molecular flexibility index (Phi) is 8.23. The van der Waals surface area contributed by atoms with Crippen LogP contribution in [0.1, 0.15) is 18.1 Å². The van der Waals surface area contributed by atoms with Gasteiger partial charge in [0.15, 0.2) is 16.6 Å². The van der Waals surface area contributed by atoms with E-state index in [-0.39, 0.29) is 5.75 Å². The Hall–Kier alpha value is -3.33. The van der Waals surface area contributed by atoms with E-state index in [9.17, 15) is 4.79 Å². The van der Waals surface area contributed by atoms with Crippen molar-refractivity contribution in [3.05, 3.63) is 47.5 Å². The van der Waals surface area contributed by atoms with Crippen LogP contribution in [0.15, 0.2) is 41.5 Å². The Morgan fingerprint density at radius 3 is 2.21 bits per heavy atom. The standard InChI is InChI=1S/C20H23N3O5S/c1-13(24)28-19-17(26-3)9-15(10-18(19)27-4)12-22-23-20(29)21-11-14-5-7-16(25-2)8-6-14/h5-10,12H,11H2,1-4H3,(H2,21,23,29)/b22-12-. The van der Waals surface area contributed by atoms with Crippen molar-refractivity contribution in [2.24, 2.45) is 5.10 Å². The van der Waals surface area contributed by atoms with Crippen molar-refractivity contribution in [2.45, 2.75) is 13.5 Å². The van der Waals surface area contributed by atoms with Gasteiger partial charge in [-0.1, -0.05) is 12.1 Å². The number of rotatable bonds is 8. The molecule has 2 rings (SSSR count). The van der Waals surface area contributed by atoms with Gasteiger partial charge in [0.2, 0.25) is 5.75 Å². The van der Waals surface area contributed by atoms with Gasteiger partial charge in [0.1, 0.15) is 5.75 Å². The van der Waals surface area contributed by atoms with Gasteiger partial charge >= 0.3 is 5.97 Å². The summed E-state index contributed by atoms with van der Waals surface area (Å²) in [4.78, 5) is 11.3. The SMILES string of the molecule is COc1ccc(CNC(=S)N/N=C\c2cc(OC)c(OC(C)=O)c(OC)c2)cc1. The number of hydrogen-bond acceptors (Lipinski definition) is 7. The highest BCUT2D eigenvalue weighted by Crippen LogP contribution is 2.38. The van der Waals surface area contributed by atoms with Gasteiger partial charge in [0.05, 0.1) is 27.5 Å². The molecule has 0 fully saturated rings. The second-order valence-electron chi connectivity index (χ2n) is 5.75. The van der Waals surface area contributed by atoms with E-state index in [1.54, 1.807) is 25.5 Å². The van der Waals surface area contributed by atoms with Crippen LogP contribution in [-0.2, 0) is 11.3 Å². The smallest absolute Gasteiger partial charge is 0.308 e. The predicted octanol–water partition coefficient (Wildman–Crippen LogP) is 2.64. The number of ether oxygens (including phenoxy) is 4. The van der Waals surface area contributed by atoms with Crippen molar-refractivity contribution in [3.8, 4) is 23.0 Å². The number of thiocarbonyl (C=S) groups is 1. The predicted molar refractivity (Wildman–Crippen MR) is 114 cm³/mol. The maximum absolute atomic E-state index is 11.3. The number of esters is 1. The second-order valence-corrected chi connectivity index (χ2v) is 6.16. The first-order valence-corrected chi connectivity index (χ1v) is 9.02. The lowest BCUT2D eigenvalue weighted by atomic mass is 10.2. The van der Waals surface area contributed by atoms with Crippen molar-refractivity contribution in [2.75, 3.05) is 21.3 Å². The van der Waals surface area contributed by atoms with E-state index < -0.39 is 5.97 Å². The zero-order valence-corrected chi connectivity index (χ0v) is 17.5. The Morgan fingerprint density at radius 2 is 1.69 bits per heavy atom. The van der Waals surface area contributed by atoms with Gasteiger partial charge in [-0.2, -0.15) is 5.10 Å². The van der Waals surface area contributed by atoms with Crippen LogP contribution in [0.4, 0.5) is 0 Å². The molecule has 8 nitrogen and oxygen atoms in total. The maximum Gasteiger partial charge on any atom is 0.308 e. The monoisotopic (exact) mass is 417 g/mol. The van der Waals surface area contributed by atoms with E-state index in [1.807, 2.05) is 24.3 Å². The van der Waals surface area contributed by atoms with Crippen molar-refractivity contribution in [1.82, 2.24) is 10.7 Å². The molecule has 9 heteroatoms. The van der Waals surface area contributed by atoms with Gasteiger partial charge in [0, 0.05) is 19.0 Å². The first-order valence-electron chi connectivity index (χ1n) is 8.61. The third kappa shape index (κ3) is 6.65. The fourth-order valence-corrected chi connectivity index (χ4v) is 2.47. The lowest BCUT2D eigenvalue weighted by molar-refractivity contribution is -0.132. The summed E-state index contributed by atoms with van der Waals surface area (Å²) in [5.74, 6) is 1.23. The molecule has 0 unspecified atom stereocenters. The molecule has 0 aliphatic carbocycles. The summed E-state index contributed by atoms with van der Waals surface area (Å²) in [6, 6.07) is 11.0.